The minimum Gasteiger partial charge on any atom is -0.394 e. The van der Waals surface area contributed by atoms with E-state index in [9.17, 15) is 8.42 Å². The smallest absolute Gasteiger partial charge is 0.280 e. The molecule has 0 aliphatic carbocycles. The van der Waals surface area contributed by atoms with Crippen LogP contribution in [0.1, 0.15) is 33.6 Å². The molecule has 0 spiro atoms. The van der Waals surface area contributed by atoms with E-state index in [0.29, 0.717) is 19.0 Å². The van der Waals surface area contributed by atoms with Gasteiger partial charge in [0.25, 0.3) is 10.2 Å². The van der Waals surface area contributed by atoms with Crippen molar-refractivity contribution in [2.75, 3.05) is 19.7 Å². The first kappa shape index (κ1) is 13.9. The third kappa shape index (κ3) is 3.69. The number of rotatable bonds is 4. The third-order valence-corrected chi connectivity index (χ3v) is 4.58. The molecule has 1 saturated heterocycles. The van der Waals surface area contributed by atoms with Gasteiger partial charge in [0, 0.05) is 13.1 Å². The number of hydrogen-bond donors (Lipinski definition) is 2. The lowest BCUT2D eigenvalue weighted by molar-refractivity contribution is 0.202. The number of piperidine rings is 1. The van der Waals surface area contributed by atoms with Crippen molar-refractivity contribution in [1.29, 1.82) is 0 Å². The minimum absolute atomic E-state index is 0.213. The summed E-state index contributed by atoms with van der Waals surface area (Å²) < 4.78 is 28.0. The summed E-state index contributed by atoms with van der Waals surface area (Å²) in [5.74, 6) is 0.405. The first-order valence-corrected chi connectivity index (χ1v) is 7.11. The quantitative estimate of drug-likeness (QED) is 0.755. The first-order chi connectivity index (χ1) is 7.27. The standard InChI is InChI=1S/C10H22N2O3S/c1-9-5-4-6-12(7-9)16(14,15)11-10(2,3)8-13/h9,11,13H,4-8H2,1-3H3. The summed E-state index contributed by atoms with van der Waals surface area (Å²) in [6, 6.07) is 0. The molecule has 0 aromatic rings. The molecule has 1 atom stereocenters. The molecule has 0 bridgehead atoms. The zero-order chi connectivity index (χ0) is 12.4. The van der Waals surface area contributed by atoms with E-state index in [0.717, 1.165) is 12.8 Å². The summed E-state index contributed by atoms with van der Waals surface area (Å²) in [4.78, 5) is 0. The SMILES string of the molecule is CC1CCCN(S(=O)(=O)NC(C)(C)CO)C1. The molecule has 1 fully saturated rings. The van der Waals surface area contributed by atoms with Crippen molar-refractivity contribution < 1.29 is 13.5 Å². The Labute approximate surface area is 98.0 Å². The van der Waals surface area contributed by atoms with Crippen molar-refractivity contribution >= 4 is 10.2 Å². The van der Waals surface area contributed by atoms with Gasteiger partial charge in [-0.15, -0.1) is 0 Å². The average molecular weight is 250 g/mol. The zero-order valence-electron chi connectivity index (χ0n) is 10.2. The van der Waals surface area contributed by atoms with Crippen LogP contribution < -0.4 is 4.72 Å². The van der Waals surface area contributed by atoms with Crippen LogP contribution in [-0.4, -0.2) is 43.1 Å². The van der Waals surface area contributed by atoms with Gasteiger partial charge in [0.2, 0.25) is 0 Å². The molecule has 6 heteroatoms. The van der Waals surface area contributed by atoms with Crippen molar-refractivity contribution in [2.24, 2.45) is 5.92 Å². The lowest BCUT2D eigenvalue weighted by Gasteiger charge is -2.33. The van der Waals surface area contributed by atoms with Crippen LogP contribution in [0.5, 0.6) is 0 Å². The normalized spacial score (nSPS) is 24.6. The van der Waals surface area contributed by atoms with Crippen LogP contribution >= 0.6 is 0 Å². The van der Waals surface area contributed by atoms with Crippen LogP contribution in [0.4, 0.5) is 0 Å². The number of aliphatic hydroxyl groups excluding tert-OH is 1. The maximum Gasteiger partial charge on any atom is 0.280 e. The van der Waals surface area contributed by atoms with Gasteiger partial charge in [-0.25, -0.2) is 0 Å². The molecule has 1 unspecified atom stereocenters. The van der Waals surface area contributed by atoms with E-state index in [1.54, 1.807) is 13.8 Å². The van der Waals surface area contributed by atoms with Gasteiger partial charge >= 0.3 is 0 Å². The summed E-state index contributed by atoms with van der Waals surface area (Å²) in [7, 11) is -3.46. The molecule has 0 aromatic heterocycles. The van der Waals surface area contributed by atoms with Crippen LogP contribution in [0.15, 0.2) is 0 Å². The Morgan fingerprint density at radius 2 is 2.12 bits per heavy atom. The number of nitrogens with zero attached hydrogens (tertiary/aromatic N) is 1. The van der Waals surface area contributed by atoms with E-state index in [2.05, 4.69) is 11.6 Å². The Bertz CT molecular complexity index is 327. The van der Waals surface area contributed by atoms with Gasteiger partial charge in [-0.2, -0.15) is 17.4 Å². The molecule has 0 aromatic carbocycles. The monoisotopic (exact) mass is 250 g/mol. The van der Waals surface area contributed by atoms with Gasteiger partial charge in [0.15, 0.2) is 0 Å². The summed E-state index contributed by atoms with van der Waals surface area (Å²) in [6.45, 7) is 6.31. The molecule has 0 saturated carbocycles. The maximum absolute atomic E-state index is 12.0. The van der Waals surface area contributed by atoms with E-state index in [4.69, 9.17) is 5.11 Å². The molecule has 16 heavy (non-hydrogen) atoms. The fourth-order valence-electron chi connectivity index (χ4n) is 1.81. The lowest BCUT2D eigenvalue weighted by Crippen LogP contribution is -2.54. The molecule has 1 rings (SSSR count). The Kier molecular flexibility index (Phi) is 4.34. The second-order valence-corrected chi connectivity index (χ2v) is 6.93. The molecule has 96 valence electrons. The van der Waals surface area contributed by atoms with E-state index < -0.39 is 15.7 Å². The average Bonchev–Trinajstić information content (AvgIpc) is 2.16. The summed E-state index contributed by atoms with van der Waals surface area (Å²) in [5.41, 5.74) is -0.806. The highest BCUT2D eigenvalue weighted by atomic mass is 32.2. The second-order valence-electron chi connectivity index (χ2n) is 5.25. The number of aliphatic hydroxyl groups is 1. The third-order valence-electron chi connectivity index (χ3n) is 2.76. The summed E-state index contributed by atoms with van der Waals surface area (Å²) >= 11 is 0. The highest BCUT2D eigenvalue weighted by molar-refractivity contribution is 7.87. The minimum atomic E-state index is -3.46. The summed E-state index contributed by atoms with van der Waals surface area (Å²) in [6.07, 6.45) is 1.98. The van der Waals surface area contributed by atoms with Crippen molar-refractivity contribution in [3.8, 4) is 0 Å². The van der Waals surface area contributed by atoms with E-state index in [1.165, 1.54) is 4.31 Å². The van der Waals surface area contributed by atoms with Gasteiger partial charge in [0.05, 0.1) is 12.1 Å². The Morgan fingerprint density at radius 1 is 1.50 bits per heavy atom. The predicted octanol–water partition coefficient (Wildman–Crippen LogP) is 0.324. The van der Waals surface area contributed by atoms with Crippen LogP contribution in [0.2, 0.25) is 0 Å². The predicted molar refractivity (Wildman–Crippen MR) is 63.2 cm³/mol. The Balaban J connectivity index is 2.70. The number of hydrogen-bond acceptors (Lipinski definition) is 3. The van der Waals surface area contributed by atoms with E-state index >= 15 is 0 Å². The molecule has 1 heterocycles. The van der Waals surface area contributed by atoms with Crippen LogP contribution in [0.3, 0.4) is 0 Å². The van der Waals surface area contributed by atoms with Crippen molar-refractivity contribution in [3.63, 3.8) is 0 Å². The molecule has 2 N–H and O–H groups in total. The van der Waals surface area contributed by atoms with E-state index in [1.807, 2.05) is 0 Å². The molecular formula is C10H22N2O3S. The lowest BCUT2D eigenvalue weighted by atomic mass is 10.0. The fourth-order valence-corrected chi connectivity index (χ4v) is 3.52. The molecular weight excluding hydrogens is 228 g/mol. The fraction of sp³-hybridized carbons (Fsp3) is 1.00. The number of nitrogens with one attached hydrogen (secondary N) is 1. The van der Waals surface area contributed by atoms with Crippen LogP contribution in [0, 0.1) is 5.92 Å². The maximum atomic E-state index is 12.0. The van der Waals surface area contributed by atoms with E-state index in [-0.39, 0.29) is 6.61 Å². The molecule has 5 nitrogen and oxygen atoms in total. The Morgan fingerprint density at radius 3 is 2.62 bits per heavy atom. The highest BCUT2D eigenvalue weighted by Gasteiger charge is 2.31. The van der Waals surface area contributed by atoms with Crippen molar-refractivity contribution in [2.45, 2.75) is 39.2 Å². The molecule has 0 radical (unpaired) electrons. The van der Waals surface area contributed by atoms with Crippen molar-refractivity contribution in [1.82, 2.24) is 9.03 Å². The molecule has 1 aliphatic rings. The van der Waals surface area contributed by atoms with Crippen LogP contribution in [-0.2, 0) is 10.2 Å². The second kappa shape index (κ2) is 5.00. The Hall–Kier alpha value is -0.170. The molecule has 0 amide bonds. The summed E-state index contributed by atoms with van der Waals surface area (Å²) in [5, 5.41) is 9.06. The van der Waals surface area contributed by atoms with Gasteiger partial charge in [-0.1, -0.05) is 6.92 Å². The zero-order valence-corrected chi connectivity index (χ0v) is 11.0. The largest absolute Gasteiger partial charge is 0.394 e. The van der Waals surface area contributed by atoms with Gasteiger partial charge in [0.1, 0.15) is 0 Å². The topological polar surface area (TPSA) is 69.6 Å². The first-order valence-electron chi connectivity index (χ1n) is 5.67. The molecule has 1 aliphatic heterocycles. The van der Waals surface area contributed by atoms with Gasteiger partial charge in [-0.05, 0) is 32.6 Å². The van der Waals surface area contributed by atoms with Gasteiger partial charge in [-0.3, -0.25) is 0 Å². The van der Waals surface area contributed by atoms with Crippen molar-refractivity contribution in [3.05, 3.63) is 0 Å². The van der Waals surface area contributed by atoms with Crippen LogP contribution in [0.25, 0.3) is 0 Å². The van der Waals surface area contributed by atoms with Gasteiger partial charge < -0.3 is 5.11 Å². The highest BCUT2D eigenvalue weighted by Crippen LogP contribution is 2.18.